The monoisotopic (exact) mass is 279 g/mol. The molecule has 0 radical (unpaired) electrons. The Balaban J connectivity index is 1.78. The molecule has 1 amide bonds. The molecule has 1 aliphatic carbocycles. The number of H-pyrrole nitrogens is 1. The number of hydrogen-bond acceptors (Lipinski definition) is 3. The van der Waals surface area contributed by atoms with Crippen LogP contribution in [0.5, 0.6) is 0 Å². The number of amides is 1. The number of rotatable bonds is 5. The van der Waals surface area contributed by atoms with E-state index in [0.29, 0.717) is 6.42 Å². The molecule has 0 aliphatic heterocycles. The van der Waals surface area contributed by atoms with Gasteiger partial charge >= 0.3 is 0 Å². The maximum atomic E-state index is 12.0. The Labute approximate surface area is 120 Å². The summed E-state index contributed by atoms with van der Waals surface area (Å²) in [7, 11) is 0. The van der Waals surface area contributed by atoms with Crippen LogP contribution in [0.15, 0.2) is 6.07 Å². The van der Waals surface area contributed by atoms with Crippen molar-refractivity contribution in [1.82, 2.24) is 15.5 Å². The summed E-state index contributed by atoms with van der Waals surface area (Å²) in [6, 6.07) is 2.01. The lowest BCUT2D eigenvalue weighted by Crippen LogP contribution is -2.41. The molecule has 0 bridgehead atoms. The maximum absolute atomic E-state index is 12.0. The zero-order valence-corrected chi connectivity index (χ0v) is 12.4. The summed E-state index contributed by atoms with van der Waals surface area (Å²) >= 11 is 0. The summed E-state index contributed by atoms with van der Waals surface area (Å²) in [4.78, 5) is 12.0. The third-order valence-electron chi connectivity index (χ3n) is 3.96. The lowest BCUT2D eigenvalue weighted by Gasteiger charge is -2.31. The Morgan fingerprint density at radius 3 is 2.80 bits per heavy atom. The molecule has 1 fully saturated rings. The van der Waals surface area contributed by atoms with E-state index in [4.69, 9.17) is 0 Å². The first kappa shape index (κ1) is 15.0. The summed E-state index contributed by atoms with van der Waals surface area (Å²) in [6.07, 6.45) is 5.61. The molecule has 5 heteroatoms. The quantitative estimate of drug-likeness (QED) is 0.769. The van der Waals surface area contributed by atoms with E-state index in [1.807, 2.05) is 19.9 Å². The van der Waals surface area contributed by atoms with E-state index in [2.05, 4.69) is 15.5 Å². The first-order chi connectivity index (χ1) is 9.47. The van der Waals surface area contributed by atoms with Gasteiger partial charge in [0.2, 0.25) is 5.91 Å². The lowest BCUT2D eigenvalue weighted by atomic mass is 9.82. The van der Waals surface area contributed by atoms with E-state index in [-0.39, 0.29) is 18.4 Å². The first-order valence-electron chi connectivity index (χ1n) is 7.49. The van der Waals surface area contributed by atoms with Crippen LogP contribution < -0.4 is 5.32 Å². The fourth-order valence-electron chi connectivity index (χ4n) is 2.96. The van der Waals surface area contributed by atoms with Crippen molar-refractivity contribution in [3.8, 4) is 0 Å². The van der Waals surface area contributed by atoms with E-state index in [0.717, 1.165) is 37.1 Å². The molecule has 0 saturated heterocycles. The van der Waals surface area contributed by atoms with Gasteiger partial charge in [-0.25, -0.2) is 0 Å². The van der Waals surface area contributed by atoms with Crippen LogP contribution in [0, 0.1) is 6.92 Å². The number of nitrogens with one attached hydrogen (secondary N) is 2. The van der Waals surface area contributed by atoms with Gasteiger partial charge in [-0.2, -0.15) is 5.10 Å². The van der Waals surface area contributed by atoms with Crippen molar-refractivity contribution in [3.63, 3.8) is 0 Å². The predicted octanol–water partition coefficient (Wildman–Crippen LogP) is 1.85. The van der Waals surface area contributed by atoms with E-state index in [9.17, 15) is 9.90 Å². The summed E-state index contributed by atoms with van der Waals surface area (Å²) in [6.45, 7) is 3.92. The minimum absolute atomic E-state index is 0.0254. The van der Waals surface area contributed by atoms with Gasteiger partial charge in [-0.05, 0) is 32.8 Å². The van der Waals surface area contributed by atoms with Crippen LogP contribution in [-0.4, -0.2) is 32.9 Å². The Kier molecular flexibility index (Phi) is 4.81. The van der Waals surface area contributed by atoms with Gasteiger partial charge in [0, 0.05) is 18.2 Å². The van der Waals surface area contributed by atoms with E-state index >= 15 is 0 Å². The highest BCUT2D eigenvalue weighted by Gasteiger charge is 2.31. The second-order valence-electron chi connectivity index (χ2n) is 6.18. The number of aromatic amines is 1. The van der Waals surface area contributed by atoms with Crippen molar-refractivity contribution in [2.45, 2.75) is 70.4 Å². The number of nitrogens with zero attached hydrogens (tertiary/aromatic N) is 1. The van der Waals surface area contributed by atoms with E-state index < -0.39 is 5.60 Å². The SMILES string of the molecule is Cc1cc(CC(C)NC(=O)CC2(O)CCCCC2)n[nH]1. The van der Waals surface area contributed by atoms with Crippen LogP contribution in [-0.2, 0) is 11.2 Å². The van der Waals surface area contributed by atoms with Gasteiger partial charge in [-0.3, -0.25) is 9.89 Å². The Morgan fingerprint density at radius 1 is 1.50 bits per heavy atom. The highest BCUT2D eigenvalue weighted by atomic mass is 16.3. The van der Waals surface area contributed by atoms with Gasteiger partial charge in [0.1, 0.15) is 0 Å². The molecule has 112 valence electrons. The molecule has 0 spiro atoms. The third kappa shape index (κ3) is 4.34. The van der Waals surface area contributed by atoms with Gasteiger partial charge in [0.25, 0.3) is 0 Å². The fraction of sp³-hybridized carbons (Fsp3) is 0.733. The molecule has 2 rings (SSSR count). The molecule has 1 atom stereocenters. The highest BCUT2D eigenvalue weighted by Crippen LogP contribution is 2.30. The maximum Gasteiger partial charge on any atom is 0.223 e. The van der Waals surface area contributed by atoms with Gasteiger partial charge < -0.3 is 10.4 Å². The van der Waals surface area contributed by atoms with Crippen molar-refractivity contribution in [2.75, 3.05) is 0 Å². The smallest absolute Gasteiger partial charge is 0.223 e. The topological polar surface area (TPSA) is 78.0 Å². The summed E-state index contributed by atoms with van der Waals surface area (Å²) in [5, 5.41) is 20.4. The second kappa shape index (κ2) is 6.39. The van der Waals surface area contributed by atoms with Crippen molar-refractivity contribution >= 4 is 5.91 Å². The van der Waals surface area contributed by atoms with Crippen molar-refractivity contribution in [3.05, 3.63) is 17.5 Å². The zero-order chi connectivity index (χ0) is 14.6. The van der Waals surface area contributed by atoms with Gasteiger partial charge in [-0.15, -0.1) is 0 Å². The minimum Gasteiger partial charge on any atom is -0.389 e. The molecule has 0 aromatic carbocycles. The molecule has 1 aromatic rings. The fourth-order valence-corrected chi connectivity index (χ4v) is 2.96. The number of carbonyl (C=O) groups is 1. The first-order valence-corrected chi connectivity index (χ1v) is 7.49. The lowest BCUT2D eigenvalue weighted by molar-refractivity contribution is -0.128. The van der Waals surface area contributed by atoms with Gasteiger partial charge in [0.15, 0.2) is 0 Å². The van der Waals surface area contributed by atoms with Crippen LogP contribution in [0.2, 0.25) is 0 Å². The van der Waals surface area contributed by atoms with E-state index in [1.165, 1.54) is 6.42 Å². The normalized spacial score (nSPS) is 19.6. The summed E-state index contributed by atoms with van der Waals surface area (Å²) in [5.74, 6) is -0.0610. The summed E-state index contributed by atoms with van der Waals surface area (Å²) < 4.78 is 0. The molecule has 5 nitrogen and oxygen atoms in total. The Morgan fingerprint density at radius 2 is 2.20 bits per heavy atom. The number of aromatic nitrogens is 2. The average molecular weight is 279 g/mol. The number of carbonyl (C=O) groups excluding carboxylic acids is 1. The number of aryl methyl sites for hydroxylation is 1. The highest BCUT2D eigenvalue weighted by molar-refractivity contribution is 5.77. The molecule has 1 aliphatic rings. The molecular formula is C15H25N3O2. The third-order valence-corrected chi connectivity index (χ3v) is 3.96. The standard InChI is InChI=1S/C15H25N3O2/c1-11(8-13-9-12(2)17-18-13)16-14(19)10-15(20)6-4-3-5-7-15/h9,11,20H,3-8,10H2,1-2H3,(H,16,19)(H,17,18). The molecule has 1 unspecified atom stereocenters. The summed E-state index contributed by atoms with van der Waals surface area (Å²) in [5.41, 5.74) is 1.19. The van der Waals surface area contributed by atoms with Crippen LogP contribution in [0.3, 0.4) is 0 Å². The Bertz CT molecular complexity index is 450. The number of aliphatic hydroxyl groups is 1. The zero-order valence-electron chi connectivity index (χ0n) is 12.4. The van der Waals surface area contributed by atoms with Crippen LogP contribution in [0.1, 0.15) is 56.8 Å². The van der Waals surface area contributed by atoms with Crippen molar-refractivity contribution in [2.24, 2.45) is 0 Å². The molecule has 3 N–H and O–H groups in total. The molecular weight excluding hydrogens is 254 g/mol. The molecule has 1 aromatic heterocycles. The molecule has 1 saturated carbocycles. The molecule has 1 heterocycles. The van der Waals surface area contributed by atoms with E-state index in [1.54, 1.807) is 0 Å². The minimum atomic E-state index is -0.787. The second-order valence-corrected chi connectivity index (χ2v) is 6.18. The van der Waals surface area contributed by atoms with Crippen LogP contribution >= 0.6 is 0 Å². The predicted molar refractivity (Wildman–Crippen MR) is 77.3 cm³/mol. The van der Waals surface area contributed by atoms with Crippen molar-refractivity contribution < 1.29 is 9.90 Å². The molecule has 20 heavy (non-hydrogen) atoms. The largest absolute Gasteiger partial charge is 0.389 e. The number of hydrogen-bond donors (Lipinski definition) is 3. The Hall–Kier alpha value is -1.36. The average Bonchev–Trinajstić information content (AvgIpc) is 2.74. The van der Waals surface area contributed by atoms with Crippen LogP contribution in [0.4, 0.5) is 0 Å². The van der Waals surface area contributed by atoms with Gasteiger partial charge in [0.05, 0.1) is 17.7 Å². The van der Waals surface area contributed by atoms with Crippen molar-refractivity contribution in [1.29, 1.82) is 0 Å². The van der Waals surface area contributed by atoms with Crippen LogP contribution in [0.25, 0.3) is 0 Å². The van der Waals surface area contributed by atoms with Gasteiger partial charge in [-0.1, -0.05) is 19.3 Å².